The summed E-state index contributed by atoms with van der Waals surface area (Å²) in [4.78, 5) is 0. The molecule has 7 atom stereocenters. The van der Waals surface area contributed by atoms with Gasteiger partial charge >= 0.3 is 0 Å². The molecule has 1 saturated heterocycles. The second-order valence-electron chi connectivity index (χ2n) is 9.82. The fourth-order valence-corrected chi connectivity index (χ4v) is 4.88. The molecule has 0 amide bonds. The third kappa shape index (κ3) is 4.42. The SMILES string of the molecule is C=C1[C@H](O)[C@H]2O[C@@](C)(OC)[C@](C)(OC)O[C@@H]2[C@H](O[Si](C)(C)C(C)(C)C)[C@H]1OCOC. The van der Waals surface area contributed by atoms with Crippen LogP contribution in [0.1, 0.15) is 34.6 Å². The molecule has 1 heterocycles. The Hall–Kier alpha value is -0.363. The number of rotatable bonds is 7. The maximum atomic E-state index is 11.0. The van der Waals surface area contributed by atoms with E-state index in [0.717, 1.165) is 0 Å². The highest BCUT2D eigenvalue weighted by molar-refractivity contribution is 6.74. The van der Waals surface area contributed by atoms with Crippen molar-refractivity contribution < 1.29 is 38.0 Å². The molecule has 30 heavy (non-hydrogen) atoms. The Labute approximate surface area is 181 Å². The van der Waals surface area contributed by atoms with E-state index in [9.17, 15) is 5.11 Å². The fourth-order valence-electron chi connectivity index (χ4n) is 3.58. The van der Waals surface area contributed by atoms with Gasteiger partial charge in [-0.3, -0.25) is 0 Å². The van der Waals surface area contributed by atoms with Crippen molar-refractivity contribution in [2.24, 2.45) is 0 Å². The molecule has 176 valence electrons. The lowest BCUT2D eigenvalue weighted by molar-refractivity contribution is -0.463. The van der Waals surface area contributed by atoms with Crippen molar-refractivity contribution in [1.29, 1.82) is 0 Å². The number of hydrogen-bond acceptors (Lipinski definition) is 8. The van der Waals surface area contributed by atoms with Crippen molar-refractivity contribution >= 4 is 8.32 Å². The second kappa shape index (κ2) is 8.88. The molecule has 0 spiro atoms. The van der Waals surface area contributed by atoms with E-state index in [2.05, 4.69) is 40.4 Å². The summed E-state index contributed by atoms with van der Waals surface area (Å²) in [5.74, 6) is -2.48. The highest BCUT2D eigenvalue weighted by Gasteiger charge is 2.63. The highest BCUT2D eigenvalue weighted by Crippen LogP contribution is 2.47. The zero-order chi connectivity index (χ0) is 23.1. The highest BCUT2D eigenvalue weighted by atomic mass is 28.4. The van der Waals surface area contributed by atoms with Crippen LogP contribution in [0, 0.1) is 0 Å². The average Bonchev–Trinajstić information content (AvgIpc) is 2.66. The van der Waals surface area contributed by atoms with Gasteiger partial charge in [0.15, 0.2) is 8.32 Å². The smallest absolute Gasteiger partial charge is 0.220 e. The fraction of sp³-hybridized carbons (Fsp3) is 0.905. The quantitative estimate of drug-likeness (QED) is 0.362. The van der Waals surface area contributed by atoms with E-state index in [-0.39, 0.29) is 11.8 Å². The minimum atomic E-state index is -2.25. The van der Waals surface area contributed by atoms with Crippen LogP contribution in [0.4, 0.5) is 0 Å². The Kier molecular flexibility index (Phi) is 7.66. The van der Waals surface area contributed by atoms with Gasteiger partial charge in [0.05, 0.1) is 0 Å². The summed E-state index contributed by atoms with van der Waals surface area (Å²) < 4.78 is 41.8. The molecule has 2 rings (SSSR count). The predicted molar refractivity (Wildman–Crippen MR) is 115 cm³/mol. The van der Waals surface area contributed by atoms with Gasteiger partial charge in [0, 0.05) is 21.3 Å². The lowest BCUT2D eigenvalue weighted by atomic mass is 9.82. The van der Waals surface area contributed by atoms with Gasteiger partial charge < -0.3 is 38.0 Å². The Morgan fingerprint density at radius 3 is 1.97 bits per heavy atom. The molecule has 1 saturated carbocycles. The van der Waals surface area contributed by atoms with Crippen molar-refractivity contribution in [3.63, 3.8) is 0 Å². The first-order valence-corrected chi connectivity index (χ1v) is 13.2. The number of fused-ring (bicyclic) bond motifs is 1. The van der Waals surface area contributed by atoms with Crippen molar-refractivity contribution in [2.75, 3.05) is 28.1 Å². The topological polar surface area (TPSA) is 84.8 Å². The molecule has 0 aromatic heterocycles. The van der Waals surface area contributed by atoms with Crippen LogP contribution in [0.25, 0.3) is 0 Å². The second-order valence-corrected chi connectivity index (χ2v) is 14.6. The van der Waals surface area contributed by atoms with Gasteiger partial charge in [0.1, 0.15) is 37.3 Å². The number of aliphatic hydroxyl groups is 1. The third-order valence-corrected chi connectivity index (χ3v) is 11.4. The van der Waals surface area contributed by atoms with Gasteiger partial charge in [-0.25, -0.2) is 0 Å². The summed E-state index contributed by atoms with van der Waals surface area (Å²) in [7, 11) is 2.33. The molecule has 0 radical (unpaired) electrons. The monoisotopic (exact) mass is 448 g/mol. The van der Waals surface area contributed by atoms with E-state index in [0.29, 0.717) is 5.57 Å². The minimum Gasteiger partial charge on any atom is -0.408 e. The van der Waals surface area contributed by atoms with Crippen LogP contribution in [0.2, 0.25) is 18.1 Å². The van der Waals surface area contributed by atoms with Crippen LogP contribution in [0.3, 0.4) is 0 Å². The van der Waals surface area contributed by atoms with E-state index in [4.69, 9.17) is 32.8 Å². The first-order chi connectivity index (χ1) is 13.7. The standard InChI is InChI=1S/C21H40O8Si/c1-13-14(22)16-17(28-21(6,25-9)20(5,24-8)27-16)18(15(13)26-12-23-7)29-30(10,11)19(2,3)4/h14-18,22H,1,12H2,2-11H3/t14-,15-,16+,17-,18+,20+,21+/m0/s1. The first-order valence-electron chi connectivity index (χ1n) is 10.3. The number of methoxy groups -OCH3 is 3. The van der Waals surface area contributed by atoms with Crippen LogP contribution in [0.15, 0.2) is 12.2 Å². The van der Waals surface area contributed by atoms with Gasteiger partial charge in [0.25, 0.3) is 0 Å². The van der Waals surface area contributed by atoms with E-state index in [1.54, 1.807) is 21.0 Å². The largest absolute Gasteiger partial charge is 0.408 e. The first kappa shape index (κ1) is 25.9. The molecule has 1 aliphatic carbocycles. The van der Waals surface area contributed by atoms with Crippen LogP contribution >= 0.6 is 0 Å². The summed E-state index contributed by atoms with van der Waals surface area (Å²) >= 11 is 0. The van der Waals surface area contributed by atoms with Crippen LogP contribution in [-0.2, 0) is 32.8 Å². The van der Waals surface area contributed by atoms with E-state index in [1.807, 2.05) is 0 Å². The van der Waals surface area contributed by atoms with E-state index in [1.165, 1.54) is 14.2 Å². The molecule has 0 bridgehead atoms. The lowest BCUT2D eigenvalue weighted by Crippen LogP contribution is -2.73. The average molecular weight is 449 g/mol. The zero-order valence-corrected chi connectivity index (χ0v) is 21.1. The van der Waals surface area contributed by atoms with Gasteiger partial charge in [-0.2, -0.15) is 0 Å². The normalized spacial score (nSPS) is 40.4. The Morgan fingerprint density at radius 1 is 1.03 bits per heavy atom. The van der Waals surface area contributed by atoms with Crippen molar-refractivity contribution in [2.45, 2.75) is 94.8 Å². The van der Waals surface area contributed by atoms with Crippen molar-refractivity contribution in [1.82, 2.24) is 0 Å². The number of hydrogen-bond donors (Lipinski definition) is 1. The number of aliphatic hydroxyl groups excluding tert-OH is 1. The van der Waals surface area contributed by atoms with Crippen molar-refractivity contribution in [3.8, 4) is 0 Å². The molecular formula is C21H40O8Si. The molecule has 9 heteroatoms. The van der Waals surface area contributed by atoms with Crippen molar-refractivity contribution in [3.05, 3.63) is 12.2 Å². The summed E-state index contributed by atoms with van der Waals surface area (Å²) in [5.41, 5.74) is 0.458. The van der Waals surface area contributed by atoms with E-state index >= 15 is 0 Å². The lowest BCUT2D eigenvalue weighted by Gasteiger charge is -2.58. The van der Waals surface area contributed by atoms with Crippen LogP contribution < -0.4 is 0 Å². The molecule has 2 aliphatic rings. The Balaban J connectivity index is 2.51. The Bertz CT molecular complexity index is 621. The van der Waals surface area contributed by atoms with Crippen LogP contribution in [-0.4, -0.2) is 83.6 Å². The van der Waals surface area contributed by atoms with E-state index < -0.39 is 50.4 Å². The summed E-state index contributed by atoms with van der Waals surface area (Å²) in [6.45, 7) is 18.4. The summed E-state index contributed by atoms with van der Waals surface area (Å²) in [6.07, 6.45) is -3.67. The predicted octanol–water partition coefficient (Wildman–Crippen LogP) is 2.81. The molecule has 0 aromatic carbocycles. The maximum Gasteiger partial charge on any atom is 0.220 e. The molecule has 8 nitrogen and oxygen atoms in total. The summed E-state index contributed by atoms with van der Waals surface area (Å²) in [6, 6.07) is 0. The van der Waals surface area contributed by atoms with Gasteiger partial charge in [0.2, 0.25) is 11.6 Å². The van der Waals surface area contributed by atoms with Gasteiger partial charge in [-0.05, 0) is 37.6 Å². The number of ether oxygens (including phenoxy) is 6. The molecule has 2 fully saturated rings. The molecule has 1 aliphatic heterocycles. The maximum absolute atomic E-state index is 11.0. The van der Waals surface area contributed by atoms with Gasteiger partial charge in [-0.15, -0.1) is 0 Å². The minimum absolute atomic E-state index is 0.0311. The van der Waals surface area contributed by atoms with Gasteiger partial charge in [-0.1, -0.05) is 27.4 Å². The molecule has 1 N–H and O–H groups in total. The zero-order valence-electron chi connectivity index (χ0n) is 20.1. The molecule has 0 aromatic rings. The van der Waals surface area contributed by atoms with Crippen LogP contribution in [0.5, 0.6) is 0 Å². The molecular weight excluding hydrogens is 408 g/mol. The summed E-state index contributed by atoms with van der Waals surface area (Å²) in [5, 5.41) is 11.0. The Morgan fingerprint density at radius 2 is 1.53 bits per heavy atom. The third-order valence-electron chi connectivity index (χ3n) is 6.93. The molecule has 0 unspecified atom stereocenters.